The second-order valence-electron chi connectivity index (χ2n) is 4.98. The molecule has 0 unspecified atom stereocenters. The van der Waals surface area contributed by atoms with Crippen molar-refractivity contribution < 1.29 is 4.74 Å². The number of hydrogen-bond acceptors (Lipinski definition) is 2. The summed E-state index contributed by atoms with van der Waals surface area (Å²) in [6.45, 7) is 3.56. The van der Waals surface area contributed by atoms with Gasteiger partial charge in [0, 0.05) is 13.0 Å². The van der Waals surface area contributed by atoms with E-state index in [1.165, 1.54) is 5.56 Å². The zero-order valence-corrected chi connectivity index (χ0v) is 12.3. The van der Waals surface area contributed by atoms with Crippen molar-refractivity contribution in [1.82, 2.24) is 9.55 Å². The van der Waals surface area contributed by atoms with Crippen LogP contribution in [0.25, 0.3) is 11.0 Å². The van der Waals surface area contributed by atoms with Crippen LogP contribution < -0.4 is 0 Å². The number of imidazole rings is 1. The number of hydrogen-bond donors (Lipinski definition) is 0. The highest BCUT2D eigenvalue weighted by Gasteiger charge is 2.21. The number of benzene rings is 1. The summed E-state index contributed by atoms with van der Waals surface area (Å²) in [5.74, 6) is 7.37. The largest absolute Gasteiger partial charge is 0.376 e. The lowest BCUT2D eigenvalue weighted by Gasteiger charge is -2.27. The molecule has 0 radical (unpaired) electrons. The third-order valence-corrected chi connectivity index (χ3v) is 3.90. The van der Waals surface area contributed by atoms with Crippen molar-refractivity contribution in [2.24, 2.45) is 0 Å². The van der Waals surface area contributed by atoms with Gasteiger partial charge in [-0.05, 0) is 31.0 Å². The first kappa shape index (κ1) is 13.5. The highest BCUT2D eigenvalue weighted by atomic mass is 35.5. The number of nitrogens with zero attached hydrogens (tertiary/aromatic N) is 2. The van der Waals surface area contributed by atoms with Gasteiger partial charge in [-0.1, -0.05) is 12.0 Å². The smallest absolute Gasteiger partial charge is 0.124 e. The maximum Gasteiger partial charge on any atom is 0.124 e. The zero-order chi connectivity index (χ0) is 13.9. The van der Waals surface area contributed by atoms with Crippen LogP contribution in [0.2, 0.25) is 0 Å². The average molecular weight is 289 g/mol. The summed E-state index contributed by atoms with van der Waals surface area (Å²) in [5, 5.41) is 0. The van der Waals surface area contributed by atoms with Gasteiger partial charge in [0.2, 0.25) is 0 Å². The van der Waals surface area contributed by atoms with E-state index in [2.05, 4.69) is 39.6 Å². The lowest BCUT2D eigenvalue weighted by atomic mass is 10.1. The number of alkyl halides is 1. The van der Waals surface area contributed by atoms with Gasteiger partial charge in [0.1, 0.15) is 5.82 Å². The normalized spacial score (nSPS) is 17.6. The van der Waals surface area contributed by atoms with Crippen LogP contribution in [0.3, 0.4) is 0 Å². The quantitative estimate of drug-likeness (QED) is 0.638. The molecule has 1 atom stereocenters. The molecule has 3 nitrogen and oxygen atoms in total. The molecule has 1 aliphatic rings. The van der Waals surface area contributed by atoms with E-state index >= 15 is 0 Å². The molecule has 20 heavy (non-hydrogen) atoms. The molecule has 1 aromatic carbocycles. The van der Waals surface area contributed by atoms with Crippen molar-refractivity contribution in [3.05, 3.63) is 29.6 Å². The molecule has 1 aliphatic heterocycles. The second kappa shape index (κ2) is 5.87. The van der Waals surface area contributed by atoms with Crippen molar-refractivity contribution >= 4 is 22.6 Å². The summed E-state index contributed by atoms with van der Waals surface area (Å²) in [6, 6.07) is 6.31. The molecule has 1 aromatic heterocycles. The molecule has 104 valence electrons. The third-order valence-electron chi connectivity index (χ3n) is 3.66. The van der Waals surface area contributed by atoms with E-state index in [1.807, 2.05) is 6.92 Å². The van der Waals surface area contributed by atoms with E-state index in [0.29, 0.717) is 12.0 Å². The lowest BCUT2D eigenvalue weighted by Crippen LogP contribution is -2.31. The number of halogens is 1. The molecule has 3 rings (SSSR count). The van der Waals surface area contributed by atoms with E-state index in [4.69, 9.17) is 16.3 Å². The van der Waals surface area contributed by atoms with E-state index in [1.54, 1.807) is 0 Å². The number of rotatable bonds is 4. The predicted octanol–water partition coefficient (Wildman–Crippen LogP) is 3.13. The van der Waals surface area contributed by atoms with Crippen molar-refractivity contribution in [3.63, 3.8) is 0 Å². The van der Waals surface area contributed by atoms with Crippen molar-refractivity contribution in [2.75, 3.05) is 6.61 Å². The summed E-state index contributed by atoms with van der Waals surface area (Å²) in [6.07, 6.45) is 2.18. The maximum absolute atomic E-state index is 6.03. The summed E-state index contributed by atoms with van der Waals surface area (Å²) in [7, 11) is 0. The molecule has 0 bridgehead atoms. The molecule has 1 fully saturated rings. The molecule has 0 N–H and O–H groups in total. The monoisotopic (exact) mass is 288 g/mol. The minimum atomic E-state index is 0.299. The molecule has 2 heterocycles. The van der Waals surface area contributed by atoms with Gasteiger partial charge in [-0.2, -0.15) is 0 Å². The Morgan fingerprint density at radius 2 is 2.35 bits per heavy atom. The Balaban J connectivity index is 2.00. The Morgan fingerprint density at radius 3 is 3.00 bits per heavy atom. The Kier molecular flexibility index (Phi) is 3.95. The number of aromatic nitrogens is 2. The van der Waals surface area contributed by atoms with E-state index in [-0.39, 0.29) is 0 Å². The molecule has 0 saturated carbocycles. The fraction of sp³-hybridized carbons (Fsp3) is 0.438. The number of ether oxygens (including phenoxy) is 1. The lowest BCUT2D eigenvalue weighted by molar-refractivity contribution is -0.0589. The van der Waals surface area contributed by atoms with Gasteiger partial charge in [-0.3, -0.25) is 0 Å². The summed E-state index contributed by atoms with van der Waals surface area (Å²) >= 11 is 6.03. The minimum absolute atomic E-state index is 0.299. The van der Waals surface area contributed by atoms with E-state index < -0.39 is 0 Å². The third kappa shape index (κ3) is 2.54. The van der Waals surface area contributed by atoms with Gasteiger partial charge in [-0.15, -0.1) is 17.5 Å². The Labute approximate surface area is 123 Å². The van der Waals surface area contributed by atoms with Crippen LogP contribution >= 0.6 is 11.6 Å². The van der Waals surface area contributed by atoms with E-state index in [0.717, 1.165) is 42.9 Å². The standard InChI is InChI=1S/C16H17ClN2O/c1-2-3-4-12-5-6-14-15(9-12)19(16(10-17)18-14)11-13-7-8-20-13/h5-6,9,13H,4,7-8,10-11H2,1H3/t13-/m0/s1. The van der Waals surface area contributed by atoms with Crippen molar-refractivity contribution in [1.29, 1.82) is 0 Å². The average Bonchev–Trinajstić information content (AvgIpc) is 2.77. The van der Waals surface area contributed by atoms with Gasteiger partial charge < -0.3 is 9.30 Å². The predicted molar refractivity (Wildman–Crippen MR) is 80.8 cm³/mol. The Bertz CT molecular complexity index is 677. The topological polar surface area (TPSA) is 27.1 Å². The molecule has 4 heteroatoms. The second-order valence-corrected chi connectivity index (χ2v) is 5.25. The minimum Gasteiger partial charge on any atom is -0.376 e. The first-order valence-corrected chi connectivity index (χ1v) is 7.40. The van der Waals surface area contributed by atoms with Crippen LogP contribution in [0.1, 0.15) is 24.7 Å². The van der Waals surface area contributed by atoms with Gasteiger partial charge in [0.15, 0.2) is 0 Å². The maximum atomic E-state index is 6.03. The molecular weight excluding hydrogens is 272 g/mol. The molecule has 0 aliphatic carbocycles. The fourth-order valence-electron chi connectivity index (χ4n) is 2.46. The summed E-state index contributed by atoms with van der Waals surface area (Å²) in [5.41, 5.74) is 3.34. The van der Waals surface area contributed by atoms with Crippen molar-refractivity contribution in [3.8, 4) is 11.8 Å². The van der Waals surface area contributed by atoms with E-state index in [9.17, 15) is 0 Å². The highest BCUT2D eigenvalue weighted by Crippen LogP contribution is 2.23. The Hall–Kier alpha value is -1.50. The molecular formula is C16H17ClN2O. The van der Waals surface area contributed by atoms with Gasteiger partial charge in [0.05, 0.1) is 29.6 Å². The van der Waals surface area contributed by atoms with Crippen LogP contribution in [-0.4, -0.2) is 22.3 Å². The van der Waals surface area contributed by atoms with Gasteiger partial charge in [-0.25, -0.2) is 4.98 Å². The summed E-state index contributed by atoms with van der Waals surface area (Å²) in [4.78, 5) is 4.60. The number of fused-ring (bicyclic) bond motifs is 1. The fourth-order valence-corrected chi connectivity index (χ4v) is 2.66. The molecule has 2 aromatic rings. The first-order chi connectivity index (χ1) is 9.81. The van der Waals surface area contributed by atoms with Crippen LogP contribution in [0.5, 0.6) is 0 Å². The SMILES string of the molecule is CC#CCc1ccc2nc(CCl)n(C[C@@H]3CCO3)c2c1. The van der Waals surface area contributed by atoms with Crippen LogP contribution in [0.15, 0.2) is 18.2 Å². The van der Waals surface area contributed by atoms with Crippen molar-refractivity contribution in [2.45, 2.75) is 38.3 Å². The van der Waals surface area contributed by atoms with Crippen LogP contribution in [0, 0.1) is 11.8 Å². The first-order valence-electron chi connectivity index (χ1n) is 6.87. The summed E-state index contributed by atoms with van der Waals surface area (Å²) < 4.78 is 7.72. The molecule has 1 saturated heterocycles. The van der Waals surface area contributed by atoms with Crippen LogP contribution in [0.4, 0.5) is 0 Å². The van der Waals surface area contributed by atoms with Crippen LogP contribution in [-0.2, 0) is 23.6 Å². The van der Waals surface area contributed by atoms with Gasteiger partial charge in [0.25, 0.3) is 0 Å². The highest BCUT2D eigenvalue weighted by molar-refractivity contribution is 6.16. The zero-order valence-electron chi connectivity index (χ0n) is 11.5. The van der Waals surface area contributed by atoms with Gasteiger partial charge >= 0.3 is 0 Å². The molecule has 0 spiro atoms. The molecule has 0 amide bonds. The Morgan fingerprint density at radius 1 is 1.50 bits per heavy atom.